The van der Waals surface area contributed by atoms with E-state index in [1.54, 1.807) is 18.3 Å². The lowest BCUT2D eigenvalue weighted by atomic mass is 9.99. The van der Waals surface area contributed by atoms with Gasteiger partial charge in [0, 0.05) is 40.3 Å². The maximum Gasteiger partial charge on any atom is 0.336 e. The number of nitrogens with one attached hydrogen (secondary N) is 1. The zero-order valence-electron chi connectivity index (χ0n) is 23.8. The third-order valence-electron chi connectivity index (χ3n) is 8.16. The molecule has 0 aliphatic heterocycles. The van der Waals surface area contributed by atoms with Crippen LogP contribution in [-0.4, -0.2) is 26.5 Å². The average Bonchev–Trinajstić information content (AvgIpc) is 3.25. The SMILES string of the molecule is Cc1c(C)n(Cc2ccc(-c3ccccc3C(=O)O)cc2)c2ccc(C(=O)NC(C)c3ccnc4ccccc34)cc12. The second-order valence-electron chi connectivity index (χ2n) is 10.7. The quantitative estimate of drug-likeness (QED) is 0.212. The summed E-state index contributed by atoms with van der Waals surface area (Å²) in [5.41, 5.74) is 8.86. The molecule has 0 aliphatic rings. The van der Waals surface area contributed by atoms with Gasteiger partial charge in [0.05, 0.1) is 17.1 Å². The maximum atomic E-state index is 13.3. The van der Waals surface area contributed by atoms with Crippen molar-refractivity contribution in [1.82, 2.24) is 14.9 Å². The van der Waals surface area contributed by atoms with Crippen LogP contribution in [0, 0.1) is 13.8 Å². The minimum absolute atomic E-state index is 0.118. The first kappa shape index (κ1) is 27.0. The Bertz CT molecular complexity index is 1970. The number of para-hydroxylation sites is 1. The van der Waals surface area contributed by atoms with E-state index in [0.717, 1.165) is 49.8 Å². The highest BCUT2D eigenvalue weighted by Crippen LogP contribution is 2.29. The topological polar surface area (TPSA) is 84.2 Å². The molecule has 4 aromatic carbocycles. The standard InChI is InChI=1S/C36H31N3O3/c1-22-24(3)39(21-25-12-14-26(15-13-25)29-8-4-5-10-31(29)36(41)42)34-17-16-27(20-32(22)34)35(40)38-23(2)28-18-19-37-33-11-7-6-9-30(28)33/h4-20,23H,21H2,1-3H3,(H,38,40)(H,41,42). The first-order valence-corrected chi connectivity index (χ1v) is 14.0. The second-order valence-corrected chi connectivity index (χ2v) is 10.7. The zero-order chi connectivity index (χ0) is 29.4. The Morgan fingerprint density at radius 1 is 0.881 bits per heavy atom. The molecular weight excluding hydrogens is 522 g/mol. The number of hydrogen-bond acceptors (Lipinski definition) is 3. The van der Waals surface area contributed by atoms with Crippen molar-refractivity contribution in [3.05, 3.63) is 137 Å². The Hall–Kier alpha value is -5.23. The van der Waals surface area contributed by atoms with Gasteiger partial charge < -0.3 is 15.0 Å². The third-order valence-corrected chi connectivity index (χ3v) is 8.16. The van der Waals surface area contributed by atoms with Gasteiger partial charge in [-0.15, -0.1) is 0 Å². The van der Waals surface area contributed by atoms with Crippen LogP contribution >= 0.6 is 0 Å². The molecule has 208 valence electrons. The number of carboxylic acid groups (broad SMARTS) is 1. The normalized spacial score (nSPS) is 12.0. The van der Waals surface area contributed by atoms with Gasteiger partial charge in [-0.05, 0) is 85.0 Å². The number of fused-ring (bicyclic) bond motifs is 2. The van der Waals surface area contributed by atoms with Crippen LogP contribution in [0.5, 0.6) is 0 Å². The van der Waals surface area contributed by atoms with Crippen LogP contribution in [0.2, 0.25) is 0 Å². The number of carboxylic acids is 1. The van der Waals surface area contributed by atoms with Crippen LogP contribution in [0.15, 0.2) is 103 Å². The Balaban J connectivity index is 1.24. The summed E-state index contributed by atoms with van der Waals surface area (Å²) >= 11 is 0. The molecule has 6 rings (SSSR count). The molecule has 0 radical (unpaired) electrons. The highest BCUT2D eigenvalue weighted by Gasteiger charge is 2.18. The molecule has 1 atom stereocenters. The van der Waals surface area contributed by atoms with Crippen molar-refractivity contribution >= 4 is 33.7 Å². The number of carbonyl (C=O) groups is 2. The van der Waals surface area contributed by atoms with E-state index in [4.69, 9.17) is 0 Å². The molecule has 1 unspecified atom stereocenters. The van der Waals surface area contributed by atoms with E-state index in [9.17, 15) is 14.7 Å². The summed E-state index contributed by atoms with van der Waals surface area (Å²) in [4.78, 5) is 29.5. The molecule has 0 aliphatic carbocycles. The fraction of sp³-hybridized carbons (Fsp3) is 0.139. The molecule has 42 heavy (non-hydrogen) atoms. The van der Waals surface area contributed by atoms with Gasteiger partial charge in [0.15, 0.2) is 0 Å². The van der Waals surface area contributed by atoms with Crippen LogP contribution in [0.25, 0.3) is 32.9 Å². The molecule has 0 fully saturated rings. The first-order chi connectivity index (χ1) is 20.3. The second kappa shape index (κ2) is 11.0. The van der Waals surface area contributed by atoms with Crippen LogP contribution in [0.3, 0.4) is 0 Å². The van der Waals surface area contributed by atoms with Gasteiger partial charge >= 0.3 is 5.97 Å². The maximum absolute atomic E-state index is 13.3. The molecule has 2 aromatic heterocycles. The van der Waals surface area contributed by atoms with Crippen LogP contribution in [-0.2, 0) is 6.54 Å². The van der Waals surface area contributed by atoms with Crippen molar-refractivity contribution in [3.63, 3.8) is 0 Å². The highest BCUT2D eigenvalue weighted by atomic mass is 16.4. The largest absolute Gasteiger partial charge is 0.478 e. The minimum Gasteiger partial charge on any atom is -0.478 e. The number of pyridine rings is 1. The lowest BCUT2D eigenvalue weighted by molar-refractivity contribution is 0.0697. The van der Waals surface area contributed by atoms with Crippen LogP contribution in [0.4, 0.5) is 0 Å². The average molecular weight is 554 g/mol. The van der Waals surface area contributed by atoms with Crippen molar-refractivity contribution < 1.29 is 14.7 Å². The summed E-state index contributed by atoms with van der Waals surface area (Å²) < 4.78 is 2.26. The fourth-order valence-electron chi connectivity index (χ4n) is 5.74. The van der Waals surface area contributed by atoms with Crippen LogP contribution < -0.4 is 5.32 Å². The lowest BCUT2D eigenvalue weighted by Gasteiger charge is -2.16. The van der Waals surface area contributed by atoms with Gasteiger partial charge in [-0.3, -0.25) is 9.78 Å². The number of aryl methyl sites for hydroxylation is 1. The summed E-state index contributed by atoms with van der Waals surface area (Å²) in [7, 11) is 0. The van der Waals surface area contributed by atoms with Gasteiger partial charge in [0.25, 0.3) is 5.91 Å². The number of hydrogen-bond donors (Lipinski definition) is 2. The van der Waals surface area contributed by atoms with E-state index in [-0.39, 0.29) is 17.5 Å². The molecule has 2 heterocycles. The molecule has 6 heteroatoms. The highest BCUT2D eigenvalue weighted by molar-refractivity contribution is 6.00. The van der Waals surface area contributed by atoms with Gasteiger partial charge in [0.1, 0.15) is 0 Å². The number of nitrogens with zero attached hydrogens (tertiary/aromatic N) is 2. The molecule has 0 saturated carbocycles. The summed E-state index contributed by atoms with van der Waals surface area (Å²) in [6.07, 6.45) is 1.78. The summed E-state index contributed by atoms with van der Waals surface area (Å²) in [6.45, 7) is 6.85. The predicted octanol–water partition coefficient (Wildman–Crippen LogP) is 7.71. The van der Waals surface area contributed by atoms with E-state index in [2.05, 4.69) is 28.7 Å². The van der Waals surface area contributed by atoms with Gasteiger partial charge in [0.2, 0.25) is 0 Å². The minimum atomic E-state index is -0.937. The van der Waals surface area contributed by atoms with E-state index >= 15 is 0 Å². The molecular formula is C36H31N3O3. The van der Waals surface area contributed by atoms with E-state index in [1.807, 2.05) is 91.9 Å². The van der Waals surface area contributed by atoms with Gasteiger partial charge in [-0.25, -0.2) is 4.79 Å². The Morgan fingerprint density at radius 2 is 1.62 bits per heavy atom. The third kappa shape index (κ3) is 4.92. The van der Waals surface area contributed by atoms with Crippen molar-refractivity contribution in [3.8, 4) is 11.1 Å². The predicted molar refractivity (Wildman–Crippen MR) is 167 cm³/mol. The first-order valence-electron chi connectivity index (χ1n) is 14.0. The number of aromatic nitrogens is 2. The zero-order valence-corrected chi connectivity index (χ0v) is 23.8. The van der Waals surface area contributed by atoms with Crippen molar-refractivity contribution in [2.75, 3.05) is 0 Å². The van der Waals surface area contributed by atoms with Crippen molar-refractivity contribution in [1.29, 1.82) is 0 Å². The fourth-order valence-corrected chi connectivity index (χ4v) is 5.74. The molecule has 1 amide bonds. The number of rotatable bonds is 7. The molecule has 6 nitrogen and oxygen atoms in total. The van der Waals surface area contributed by atoms with Gasteiger partial charge in [-0.2, -0.15) is 0 Å². The number of benzene rings is 4. The van der Waals surface area contributed by atoms with Crippen molar-refractivity contribution in [2.45, 2.75) is 33.4 Å². The van der Waals surface area contributed by atoms with E-state index in [0.29, 0.717) is 17.7 Å². The molecule has 0 bridgehead atoms. The molecule has 2 N–H and O–H groups in total. The molecule has 0 saturated heterocycles. The summed E-state index contributed by atoms with van der Waals surface area (Å²) in [5.74, 6) is -1.06. The summed E-state index contributed by atoms with van der Waals surface area (Å²) in [5, 5.41) is 14.8. The Morgan fingerprint density at radius 3 is 2.40 bits per heavy atom. The summed E-state index contributed by atoms with van der Waals surface area (Å²) in [6, 6.07) is 30.7. The van der Waals surface area contributed by atoms with Gasteiger partial charge in [-0.1, -0.05) is 60.7 Å². The van der Waals surface area contributed by atoms with E-state index < -0.39 is 5.97 Å². The smallest absolute Gasteiger partial charge is 0.336 e. The Labute approximate surface area is 244 Å². The number of carbonyl (C=O) groups excluding carboxylic acids is 1. The van der Waals surface area contributed by atoms with E-state index in [1.165, 1.54) is 0 Å². The van der Waals surface area contributed by atoms with Crippen LogP contribution in [0.1, 0.15) is 56.1 Å². The monoisotopic (exact) mass is 553 g/mol. The Kier molecular flexibility index (Phi) is 7.05. The van der Waals surface area contributed by atoms with Crippen molar-refractivity contribution in [2.24, 2.45) is 0 Å². The number of amides is 1. The lowest BCUT2D eigenvalue weighted by Crippen LogP contribution is -2.26. The number of aromatic carboxylic acids is 1. The molecule has 6 aromatic rings. The molecule has 0 spiro atoms.